The van der Waals surface area contributed by atoms with Crippen LogP contribution in [0.5, 0.6) is 0 Å². The van der Waals surface area contributed by atoms with Gasteiger partial charge in [0.15, 0.2) is 6.10 Å². The van der Waals surface area contributed by atoms with E-state index in [-0.39, 0.29) is 6.54 Å². The zero-order valence-corrected chi connectivity index (χ0v) is 11.5. The summed E-state index contributed by atoms with van der Waals surface area (Å²) >= 11 is 0. The van der Waals surface area contributed by atoms with Gasteiger partial charge in [-0.2, -0.15) is 0 Å². The van der Waals surface area contributed by atoms with Gasteiger partial charge in [0.25, 0.3) is 5.91 Å². The van der Waals surface area contributed by atoms with Crippen LogP contribution in [0.1, 0.15) is 10.4 Å². The van der Waals surface area contributed by atoms with Crippen LogP contribution in [-0.4, -0.2) is 36.7 Å². The number of hydrogen-bond acceptors (Lipinski definition) is 4. The summed E-state index contributed by atoms with van der Waals surface area (Å²) in [6, 6.07) is 10.9. The minimum absolute atomic E-state index is 0.128. The van der Waals surface area contributed by atoms with E-state index < -0.39 is 18.0 Å². The minimum Gasteiger partial charge on any atom is -0.479 e. The maximum Gasteiger partial charge on any atom is 0.334 e. The third-order valence-electron chi connectivity index (χ3n) is 3.17. The second kappa shape index (κ2) is 6.23. The van der Waals surface area contributed by atoms with Gasteiger partial charge in [0.2, 0.25) is 0 Å². The molecule has 0 aromatic heterocycles. The Morgan fingerprint density at radius 3 is 2.48 bits per heavy atom. The van der Waals surface area contributed by atoms with Gasteiger partial charge in [-0.1, -0.05) is 24.3 Å². The average molecular weight is 288 g/mol. The highest BCUT2D eigenvalue weighted by Gasteiger charge is 2.18. The molecular formula is C15H16N2O4. The first-order valence-corrected chi connectivity index (χ1v) is 6.35. The number of carboxylic acid groups (broad SMARTS) is 1. The monoisotopic (exact) mass is 288 g/mol. The van der Waals surface area contributed by atoms with Gasteiger partial charge in [-0.3, -0.25) is 4.79 Å². The van der Waals surface area contributed by atoms with E-state index >= 15 is 0 Å². The van der Waals surface area contributed by atoms with Crippen molar-refractivity contribution >= 4 is 28.3 Å². The van der Waals surface area contributed by atoms with Gasteiger partial charge in [0.05, 0.1) is 12.1 Å². The highest BCUT2D eigenvalue weighted by molar-refractivity contribution is 6.04. The number of ether oxygens (including phenoxy) is 1. The van der Waals surface area contributed by atoms with Crippen molar-refractivity contribution < 1.29 is 19.4 Å². The molecule has 21 heavy (non-hydrogen) atoms. The highest BCUT2D eigenvalue weighted by Crippen LogP contribution is 2.21. The van der Waals surface area contributed by atoms with E-state index in [9.17, 15) is 9.59 Å². The molecule has 0 aliphatic carbocycles. The lowest BCUT2D eigenvalue weighted by atomic mass is 10.0. The molecule has 2 aromatic rings. The fourth-order valence-electron chi connectivity index (χ4n) is 2.01. The number of nitrogens with two attached hydrogens (primary N) is 1. The van der Waals surface area contributed by atoms with Crippen LogP contribution in [0.25, 0.3) is 10.8 Å². The number of rotatable bonds is 5. The molecule has 0 heterocycles. The number of carboxylic acids is 1. The molecule has 0 aliphatic heterocycles. The topological polar surface area (TPSA) is 102 Å². The lowest BCUT2D eigenvalue weighted by molar-refractivity contribution is -0.148. The summed E-state index contributed by atoms with van der Waals surface area (Å²) in [5.41, 5.74) is 6.53. The van der Waals surface area contributed by atoms with Crippen molar-refractivity contribution in [3.8, 4) is 0 Å². The number of anilines is 1. The van der Waals surface area contributed by atoms with Crippen molar-refractivity contribution in [3.05, 3.63) is 42.0 Å². The lowest BCUT2D eigenvalue weighted by Crippen LogP contribution is -2.38. The first kappa shape index (κ1) is 14.8. The van der Waals surface area contributed by atoms with E-state index in [0.717, 1.165) is 10.8 Å². The summed E-state index contributed by atoms with van der Waals surface area (Å²) in [6.07, 6.45) is -1.09. The summed E-state index contributed by atoms with van der Waals surface area (Å²) in [7, 11) is 1.27. The predicted octanol–water partition coefficient (Wildman–Crippen LogP) is 1.25. The Morgan fingerprint density at radius 1 is 1.29 bits per heavy atom. The largest absolute Gasteiger partial charge is 0.479 e. The van der Waals surface area contributed by atoms with Crippen molar-refractivity contribution in [1.82, 2.24) is 5.32 Å². The van der Waals surface area contributed by atoms with Crippen molar-refractivity contribution in [1.29, 1.82) is 0 Å². The van der Waals surface area contributed by atoms with Crippen LogP contribution < -0.4 is 11.1 Å². The minimum atomic E-state index is -1.13. The lowest BCUT2D eigenvalue weighted by Gasteiger charge is -2.13. The third-order valence-corrected chi connectivity index (χ3v) is 3.17. The van der Waals surface area contributed by atoms with E-state index in [4.69, 9.17) is 15.6 Å². The summed E-state index contributed by atoms with van der Waals surface area (Å²) in [6.45, 7) is -0.128. The SMILES string of the molecule is COC(CNC(=O)c1cc2ccccc2cc1N)C(=O)O. The van der Waals surface area contributed by atoms with E-state index in [1.807, 2.05) is 24.3 Å². The molecule has 1 unspecified atom stereocenters. The fraction of sp³-hybridized carbons (Fsp3) is 0.200. The van der Waals surface area contributed by atoms with Crippen molar-refractivity contribution in [2.75, 3.05) is 19.4 Å². The average Bonchev–Trinajstić information content (AvgIpc) is 2.46. The molecule has 6 heteroatoms. The number of methoxy groups -OCH3 is 1. The Hall–Kier alpha value is -2.60. The Morgan fingerprint density at radius 2 is 1.90 bits per heavy atom. The number of fused-ring (bicyclic) bond motifs is 1. The number of nitrogens with one attached hydrogen (secondary N) is 1. The number of nitrogen functional groups attached to an aromatic ring is 1. The molecule has 110 valence electrons. The van der Waals surface area contributed by atoms with Gasteiger partial charge in [-0.05, 0) is 22.9 Å². The second-order valence-electron chi connectivity index (χ2n) is 4.56. The first-order valence-electron chi connectivity index (χ1n) is 6.35. The Bertz CT molecular complexity index is 684. The molecule has 6 nitrogen and oxygen atoms in total. The van der Waals surface area contributed by atoms with E-state index in [0.29, 0.717) is 11.3 Å². The van der Waals surface area contributed by atoms with Gasteiger partial charge < -0.3 is 20.9 Å². The molecule has 0 bridgehead atoms. The highest BCUT2D eigenvalue weighted by atomic mass is 16.5. The quantitative estimate of drug-likeness (QED) is 0.719. The smallest absolute Gasteiger partial charge is 0.334 e. The Balaban J connectivity index is 2.19. The van der Waals surface area contributed by atoms with Crippen LogP contribution in [0.2, 0.25) is 0 Å². The summed E-state index contributed by atoms with van der Waals surface area (Å²) in [5, 5.41) is 13.2. The fourth-order valence-corrected chi connectivity index (χ4v) is 2.01. The Kier molecular flexibility index (Phi) is 4.39. The molecule has 0 aliphatic rings. The summed E-state index contributed by atoms with van der Waals surface area (Å²) in [4.78, 5) is 22.9. The molecule has 0 radical (unpaired) electrons. The van der Waals surface area contributed by atoms with E-state index in [1.54, 1.807) is 12.1 Å². The zero-order valence-electron chi connectivity index (χ0n) is 11.5. The molecule has 0 fully saturated rings. The van der Waals surface area contributed by atoms with Gasteiger partial charge in [0, 0.05) is 12.8 Å². The Labute approximate surface area is 121 Å². The first-order chi connectivity index (χ1) is 10.0. The van der Waals surface area contributed by atoms with Crippen molar-refractivity contribution in [2.24, 2.45) is 0 Å². The maximum absolute atomic E-state index is 12.1. The van der Waals surface area contributed by atoms with E-state index in [1.165, 1.54) is 7.11 Å². The van der Waals surface area contributed by atoms with Crippen LogP contribution in [0.15, 0.2) is 36.4 Å². The molecule has 2 rings (SSSR count). The number of amides is 1. The van der Waals surface area contributed by atoms with Gasteiger partial charge >= 0.3 is 5.97 Å². The standard InChI is InChI=1S/C15H16N2O4/c1-21-13(15(19)20)8-17-14(18)11-6-9-4-2-3-5-10(9)7-12(11)16/h2-7,13H,8,16H2,1H3,(H,17,18)(H,19,20). The maximum atomic E-state index is 12.1. The number of carbonyl (C=O) groups excluding carboxylic acids is 1. The van der Waals surface area contributed by atoms with Gasteiger partial charge in [-0.25, -0.2) is 4.79 Å². The van der Waals surface area contributed by atoms with Crippen LogP contribution in [0.3, 0.4) is 0 Å². The normalized spacial score (nSPS) is 12.0. The van der Waals surface area contributed by atoms with Crippen LogP contribution in [0.4, 0.5) is 5.69 Å². The second-order valence-corrected chi connectivity index (χ2v) is 4.56. The number of aliphatic carboxylic acids is 1. The molecule has 0 saturated heterocycles. The number of hydrogen-bond donors (Lipinski definition) is 3. The molecule has 0 saturated carbocycles. The molecule has 4 N–H and O–H groups in total. The van der Waals surface area contributed by atoms with Crippen molar-refractivity contribution in [2.45, 2.75) is 6.10 Å². The van der Waals surface area contributed by atoms with E-state index in [2.05, 4.69) is 5.32 Å². The van der Waals surface area contributed by atoms with Gasteiger partial charge in [-0.15, -0.1) is 0 Å². The predicted molar refractivity (Wildman–Crippen MR) is 79.1 cm³/mol. The molecule has 2 aromatic carbocycles. The van der Waals surface area contributed by atoms with Gasteiger partial charge in [0.1, 0.15) is 0 Å². The van der Waals surface area contributed by atoms with Crippen LogP contribution in [-0.2, 0) is 9.53 Å². The number of benzene rings is 2. The van der Waals surface area contributed by atoms with Crippen LogP contribution in [0, 0.1) is 0 Å². The third kappa shape index (κ3) is 3.29. The summed E-state index contributed by atoms with van der Waals surface area (Å²) < 4.78 is 4.75. The number of carbonyl (C=O) groups is 2. The van der Waals surface area contributed by atoms with Crippen molar-refractivity contribution in [3.63, 3.8) is 0 Å². The molecular weight excluding hydrogens is 272 g/mol. The van der Waals surface area contributed by atoms with Crippen LogP contribution >= 0.6 is 0 Å². The zero-order chi connectivity index (χ0) is 15.4. The molecule has 0 spiro atoms. The summed E-state index contributed by atoms with van der Waals surface area (Å²) in [5.74, 6) is -1.56. The molecule has 1 atom stereocenters. The molecule has 1 amide bonds.